The number of nitrogen functional groups attached to an aromatic ring is 1. The van der Waals surface area contributed by atoms with Gasteiger partial charge in [-0.05, 0) is 18.6 Å². The summed E-state index contributed by atoms with van der Waals surface area (Å²) in [6.07, 6.45) is 0.528. The topological polar surface area (TPSA) is 120 Å². The fraction of sp³-hybridized carbons (Fsp3) is 0.250. The Hall–Kier alpha value is -2.77. The highest BCUT2D eigenvalue weighted by atomic mass is 16.2. The summed E-state index contributed by atoms with van der Waals surface area (Å²) in [6.45, 7) is 0. The van der Waals surface area contributed by atoms with Gasteiger partial charge < -0.3 is 5.73 Å². The molecule has 8 heteroatoms. The predicted octanol–water partition coefficient (Wildman–Crippen LogP) is -0.649. The van der Waals surface area contributed by atoms with Crippen LogP contribution in [0.1, 0.15) is 18.9 Å². The van der Waals surface area contributed by atoms with E-state index in [2.05, 4.69) is 15.6 Å². The van der Waals surface area contributed by atoms with Crippen molar-refractivity contribution in [1.29, 1.82) is 0 Å². The molecule has 1 atom stereocenters. The summed E-state index contributed by atoms with van der Waals surface area (Å²) < 4.78 is 1.34. The van der Waals surface area contributed by atoms with Crippen LogP contribution in [-0.2, 0) is 9.59 Å². The summed E-state index contributed by atoms with van der Waals surface area (Å²) in [4.78, 5) is 34.8. The average Bonchev–Trinajstić information content (AvgIpc) is 2.40. The van der Waals surface area contributed by atoms with Crippen LogP contribution in [0.3, 0.4) is 0 Å². The third kappa shape index (κ3) is 1.81. The largest absolute Gasteiger partial charge is 0.398 e. The van der Waals surface area contributed by atoms with E-state index >= 15 is 0 Å². The molecule has 102 valence electrons. The number of imide groups is 1. The summed E-state index contributed by atoms with van der Waals surface area (Å²) in [5.74, 6) is -0.771. The molecule has 3 rings (SSSR count). The summed E-state index contributed by atoms with van der Waals surface area (Å²) in [5, 5.41) is 9.76. The standard InChI is InChI=1S/C12H11N5O3/c13-6-2-1-3-7-10(6)12(20)15-16-17(7)8-4-5-9(18)14-11(8)19/h1-3,8H,4-5,13H2,(H,14,18,19). The van der Waals surface area contributed by atoms with E-state index in [0.717, 1.165) is 0 Å². The third-order valence-corrected chi connectivity index (χ3v) is 3.27. The van der Waals surface area contributed by atoms with Crippen molar-refractivity contribution in [3.8, 4) is 0 Å². The van der Waals surface area contributed by atoms with Crippen molar-refractivity contribution in [2.24, 2.45) is 0 Å². The first-order valence-corrected chi connectivity index (χ1v) is 6.05. The summed E-state index contributed by atoms with van der Waals surface area (Å²) >= 11 is 0. The van der Waals surface area contributed by atoms with Crippen LogP contribution in [0.15, 0.2) is 23.0 Å². The third-order valence-electron chi connectivity index (χ3n) is 3.27. The van der Waals surface area contributed by atoms with Crippen molar-refractivity contribution in [2.75, 3.05) is 5.73 Å². The zero-order valence-corrected chi connectivity index (χ0v) is 10.4. The molecular weight excluding hydrogens is 262 g/mol. The number of carbonyl (C=O) groups excluding carboxylic acids is 2. The van der Waals surface area contributed by atoms with Crippen LogP contribution in [0.25, 0.3) is 10.9 Å². The van der Waals surface area contributed by atoms with Crippen LogP contribution >= 0.6 is 0 Å². The van der Waals surface area contributed by atoms with Crippen LogP contribution in [0.4, 0.5) is 5.69 Å². The van der Waals surface area contributed by atoms with Crippen LogP contribution < -0.4 is 16.6 Å². The Bertz CT molecular complexity index is 782. The second kappa shape index (κ2) is 4.41. The first-order chi connectivity index (χ1) is 9.58. The first kappa shape index (κ1) is 12.3. The highest BCUT2D eigenvalue weighted by Crippen LogP contribution is 2.23. The Labute approximate surface area is 112 Å². The molecule has 1 aliphatic heterocycles. The average molecular weight is 273 g/mol. The summed E-state index contributed by atoms with van der Waals surface area (Å²) in [5.41, 5.74) is 5.95. The number of piperidine rings is 1. The van der Waals surface area contributed by atoms with E-state index in [9.17, 15) is 14.4 Å². The number of nitrogens with zero attached hydrogens (tertiary/aromatic N) is 3. The molecule has 3 N–H and O–H groups in total. The van der Waals surface area contributed by atoms with Gasteiger partial charge in [0.2, 0.25) is 5.91 Å². The molecule has 1 aromatic carbocycles. The Morgan fingerprint density at radius 3 is 2.85 bits per heavy atom. The molecular formula is C12H11N5O3. The molecule has 0 radical (unpaired) electrons. The fourth-order valence-electron chi connectivity index (χ4n) is 2.31. The number of carbonyl (C=O) groups is 2. The number of fused-ring (bicyclic) bond motifs is 1. The summed E-state index contributed by atoms with van der Waals surface area (Å²) in [7, 11) is 0. The van der Waals surface area contributed by atoms with Gasteiger partial charge in [0.05, 0.1) is 10.9 Å². The van der Waals surface area contributed by atoms with Crippen molar-refractivity contribution in [2.45, 2.75) is 18.9 Å². The molecule has 0 aliphatic carbocycles. The molecule has 1 unspecified atom stereocenters. The molecule has 0 bridgehead atoms. The number of hydrogen-bond acceptors (Lipinski definition) is 6. The van der Waals surface area contributed by atoms with Crippen molar-refractivity contribution in [3.63, 3.8) is 0 Å². The highest BCUT2D eigenvalue weighted by molar-refractivity contribution is 6.00. The molecule has 2 aromatic rings. The van der Waals surface area contributed by atoms with E-state index in [1.807, 2.05) is 0 Å². The maximum Gasteiger partial charge on any atom is 0.301 e. The molecule has 2 heterocycles. The molecule has 1 aliphatic rings. The van der Waals surface area contributed by atoms with Crippen LogP contribution in [0, 0.1) is 0 Å². The van der Waals surface area contributed by atoms with Crippen molar-refractivity contribution in [3.05, 3.63) is 28.6 Å². The van der Waals surface area contributed by atoms with Gasteiger partial charge in [-0.15, -0.1) is 0 Å². The lowest BCUT2D eigenvalue weighted by molar-refractivity contribution is -0.135. The van der Waals surface area contributed by atoms with E-state index < -0.39 is 17.5 Å². The Morgan fingerprint density at radius 1 is 1.30 bits per heavy atom. The molecule has 1 saturated heterocycles. The monoisotopic (exact) mass is 273 g/mol. The number of anilines is 1. The van der Waals surface area contributed by atoms with Gasteiger partial charge in [-0.25, -0.2) is 4.68 Å². The lowest BCUT2D eigenvalue weighted by Crippen LogP contribution is -2.42. The molecule has 0 saturated carbocycles. The predicted molar refractivity (Wildman–Crippen MR) is 69.6 cm³/mol. The second-order valence-electron chi connectivity index (χ2n) is 4.55. The number of benzene rings is 1. The van der Waals surface area contributed by atoms with Crippen LogP contribution in [0.5, 0.6) is 0 Å². The Morgan fingerprint density at radius 2 is 2.10 bits per heavy atom. The van der Waals surface area contributed by atoms with E-state index in [-0.39, 0.29) is 23.4 Å². The van der Waals surface area contributed by atoms with E-state index in [1.165, 1.54) is 4.68 Å². The summed E-state index contributed by atoms with van der Waals surface area (Å²) in [6, 6.07) is 4.22. The lowest BCUT2D eigenvalue weighted by atomic mass is 10.1. The Kier molecular flexibility index (Phi) is 2.70. The molecule has 0 spiro atoms. The van der Waals surface area contributed by atoms with Crippen molar-refractivity contribution < 1.29 is 9.59 Å². The van der Waals surface area contributed by atoms with Gasteiger partial charge in [0.25, 0.3) is 5.91 Å². The molecule has 2 amide bonds. The molecule has 8 nitrogen and oxygen atoms in total. The van der Waals surface area contributed by atoms with Crippen LogP contribution in [0.2, 0.25) is 0 Å². The number of hydrogen-bond donors (Lipinski definition) is 2. The zero-order valence-electron chi connectivity index (χ0n) is 10.4. The number of amides is 2. The van der Waals surface area contributed by atoms with Crippen molar-refractivity contribution >= 4 is 28.4 Å². The minimum absolute atomic E-state index is 0.216. The zero-order chi connectivity index (χ0) is 14.3. The smallest absolute Gasteiger partial charge is 0.301 e. The normalized spacial score (nSPS) is 19.1. The van der Waals surface area contributed by atoms with Gasteiger partial charge in [0.15, 0.2) is 0 Å². The fourth-order valence-corrected chi connectivity index (χ4v) is 2.31. The van der Waals surface area contributed by atoms with E-state index in [1.54, 1.807) is 18.2 Å². The molecule has 1 aromatic heterocycles. The van der Waals surface area contributed by atoms with Gasteiger partial charge >= 0.3 is 5.56 Å². The number of nitrogens with one attached hydrogen (secondary N) is 1. The van der Waals surface area contributed by atoms with Crippen LogP contribution in [-0.4, -0.2) is 26.8 Å². The highest BCUT2D eigenvalue weighted by Gasteiger charge is 2.29. The van der Waals surface area contributed by atoms with E-state index in [0.29, 0.717) is 11.9 Å². The minimum atomic E-state index is -0.676. The maximum absolute atomic E-state index is 11.9. The number of aromatic nitrogens is 3. The molecule has 1 fully saturated rings. The van der Waals surface area contributed by atoms with Gasteiger partial charge in [0, 0.05) is 12.1 Å². The molecule has 20 heavy (non-hydrogen) atoms. The Balaban J connectivity index is 2.20. The quantitative estimate of drug-likeness (QED) is 0.526. The lowest BCUT2D eigenvalue weighted by Gasteiger charge is -2.23. The van der Waals surface area contributed by atoms with E-state index in [4.69, 9.17) is 5.73 Å². The number of rotatable bonds is 1. The minimum Gasteiger partial charge on any atom is -0.398 e. The first-order valence-electron chi connectivity index (χ1n) is 6.05. The number of nitrogens with two attached hydrogens (primary N) is 1. The second-order valence-corrected chi connectivity index (χ2v) is 4.55. The van der Waals surface area contributed by atoms with Gasteiger partial charge in [0.1, 0.15) is 6.04 Å². The SMILES string of the molecule is Nc1cccc2c1c(=O)nnn2C1CCC(=O)NC1=O. The van der Waals surface area contributed by atoms with Gasteiger partial charge in [-0.1, -0.05) is 16.4 Å². The van der Waals surface area contributed by atoms with Gasteiger partial charge in [-0.2, -0.15) is 0 Å². The van der Waals surface area contributed by atoms with Gasteiger partial charge in [-0.3, -0.25) is 19.7 Å². The maximum atomic E-state index is 11.9. The van der Waals surface area contributed by atoms with Crippen molar-refractivity contribution in [1.82, 2.24) is 20.3 Å².